The summed E-state index contributed by atoms with van der Waals surface area (Å²) in [4.78, 5) is 2.16. The normalized spacial score (nSPS) is 17.1. The number of nitrogens with zero attached hydrogens (tertiary/aromatic N) is 3. The van der Waals surface area contributed by atoms with Crippen LogP contribution in [-0.4, -0.2) is 36.4 Å². The molecular formula is C8H12N4. The van der Waals surface area contributed by atoms with Crippen molar-refractivity contribution in [1.82, 2.24) is 15.5 Å². The zero-order valence-corrected chi connectivity index (χ0v) is 7.07. The van der Waals surface area contributed by atoms with Crippen molar-refractivity contribution in [2.45, 2.75) is 6.04 Å². The fourth-order valence-corrected chi connectivity index (χ4v) is 1.22. The van der Waals surface area contributed by atoms with Crippen LogP contribution in [0.4, 0.5) is 5.82 Å². The monoisotopic (exact) mass is 164 g/mol. The van der Waals surface area contributed by atoms with Crippen LogP contribution in [0.1, 0.15) is 0 Å². The van der Waals surface area contributed by atoms with E-state index in [2.05, 4.69) is 27.5 Å². The number of anilines is 1. The largest absolute Gasteiger partial charge is 0.353 e. The molecule has 0 radical (unpaired) electrons. The maximum Gasteiger partial charge on any atom is 0.151 e. The van der Waals surface area contributed by atoms with Crippen molar-refractivity contribution in [1.29, 1.82) is 0 Å². The number of nitrogens with one attached hydrogen (secondary N) is 1. The smallest absolute Gasteiger partial charge is 0.151 e. The lowest BCUT2D eigenvalue weighted by Gasteiger charge is -2.35. The lowest BCUT2D eigenvalue weighted by Crippen LogP contribution is -2.56. The van der Waals surface area contributed by atoms with Crippen LogP contribution in [0, 0.1) is 0 Å². The van der Waals surface area contributed by atoms with E-state index in [1.807, 2.05) is 12.1 Å². The van der Waals surface area contributed by atoms with Gasteiger partial charge < -0.3 is 10.2 Å². The van der Waals surface area contributed by atoms with Crippen LogP contribution in [0.3, 0.4) is 0 Å². The molecule has 1 aliphatic rings. The zero-order valence-electron chi connectivity index (χ0n) is 7.07. The van der Waals surface area contributed by atoms with Gasteiger partial charge in [-0.3, -0.25) is 0 Å². The summed E-state index contributed by atoms with van der Waals surface area (Å²) in [6.07, 6.45) is 1.69. The standard InChI is InChI=1S/C8H12N4/c1-12(7-5-9-6-7)8-3-2-4-10-11-8/h2-4,7,9H,5-6H2,1H3. The van der Waals surface area contributed by atoms with Gasteiger partial charge in [-0.2, -0.15) is 5.10 Å². The number of rotatable bonds is 2. The van der Waals surface area contributed by atoms with E-state index in [4.69, 9.17) is 0 Å². The topological polar surface area (TPSA) is 41.1 Å². The summed E-state index contributed by atoms with van der Waals surface area (Å²) in [6.45, 7) is 2.10. The van der Waals surface area contributed by atoms with E-state index in [1.165, 1.54) is 0 Å². The molecule has 1 saturated heterocycles. The third kappa shape index (κ3) is 1.25. The molecule has 0 atom stereocenters. The van der Waals surface area contributed by atoms with Crippen LogP contribution in [0.5, 0.6) is 0 Å². The van der Waals surface area contributed by atoms with Crippen molar-refractivity contribution in [2.24, 2.45) is 0 Å². The SMILES string of the molecule is CN(c1cccnn1)C1CNC1. The molecule has 1 aromatic rings. The molecule has 0 bridgehead atoms. The minimum atomic E-state index is 0.585. The van der Waals surface area contributed by atoms with Crippen LogP contribution in [0.15, 0.2) is 18.3 Å². The second-order valence-electron chi connectivity index (χ2n) is 3.00. The lowest BCUT2D eigenvalue weighted by molar-refractivity contribution is 0.426. The fourth-order valence-electron chi connectivity index (χ4n) is 1.22. The van der Waals surface area contributed by atoms with E-state index >= 15 is 0 Å². The molecule has 0 aromatic carbocycles. The van der Waals surface area contributed by atoms with Gasteiger partial charge in [0.2, 0.25) is 0 Å². The van der Waals surface area contributed by atoms with Gasteiger partial charge in [-0.05, 0) is 12.1 Å². The Morgan fingerprint density at radius 2 is 2.42 bits per heavy atom. The van der Waals surface area contributed by atoms with Crippen molar-refractivity contribution < 1.29 is 0 Å². The van der Waals surface area contributed by atoms with Crippen molar-refractivity contribution in [3.8, 4) is 0 Å². The Bertz CT molecular complexity index is 244. The zero-order chi connectivity index (χ0) is 8.39. The van der Waals surface area contributed by atoms with Crippen LogP contribution in [0.2, 0.25) is 0 Å². The summed E-state index contributed by atoms with van der Waals surface area (Å²) in [6, 6.07) is 4.47. The molecule has 1 N–H and O–H groups in total. The molecule has 0 spiro atoms. The second-order valence-corrected chi connectivity index (χ2v) is 3.00. The Hall–Kier alpha value is -1.16. The average Bonchev–Trinajstić information content (AvgIpc) is 2.03. The molecule has 1 aromatic heterocycles. The van der Waals surface area contributed by atoms with Crippen LogP contribution >= 0.6 is 0 Å². The molecule has 0 unspecified atom stereocenters. The van der Waals surface area contributed by atoms with Crippen LogP contribution < -0.4 is 10.2 Å². The van der Waals surface area contributed by atoms with Gasteiger partial charge in [0.1, 0.15) is 0 Å². The molecule has 2 rings (SSSR count). The summed E-state index contributed by atoms with van der Waals surface area (Å²) in [5, 5.41) is 11.1. The van der Waals surface area contributed by atoms with Gasteiger partial charge in [-0.25, -0.2) is 0 Å². The molecule has 1 fully saturated rings. The minimum Gasteiger partial charge on any atom is -0.353 e. The molecule has 4 heteroatoms. The molecule has 64 valence electrons. The first-order valence-corrected chi connectivity index (χ1v) is 4.09. The van der Waals surface area contributed by atoms with Gasteiger partial charge in [-0.1, -0.05) is 0 Å². The summed E-state index contributed by atoms with van der Waals surface area (Å²) in [5.41, 5.74) is 0. The highest BCUT2D eigenvalue weighted by Crippen LogP contribution is 2.11. The molecule has 2 heterocycles. The Labute approximate surface area is 71.6 Å². The predicted molar refractivity (Wildman–Crippen MR) is 47.1 cm³/mol. The highest BCUT2D eigenvalue weighted by molar-refractivity contribution is 5.37. The quantitative estimate of drug-likeness (QED) is 0.662. The summed E-state index contributed by atoms with van der Waals surface area (Å²) in [7, 11) is 2.05. The van der Waals surface area contributed by atoms with Crippen molar-refractivity contribution in [2.75, 3.05) is 25.0 Å². The summed E-state index contributed by atoms with van der Waals surface area (Å²) < 4.78 is 0. The van der Waals surface area contributed by atoms with E-state index in [0.717, 1.165) is 18.9 Å². The van der Waals surface area contributed by atoms with Crippen molar-refractivity contribution in [3.05, 3.63) is 18.3 Å². The molecule has 1 aliphatic heterocycles. The predicted octanol–water partition coefficient (Wildman–Crippen LogP) is -0.115. The number of aromatic nitrogens is 2. The second kappa shape index (κ2) is 3.06. The van der Waals surface area contributed by atoms with Gasteiger partial charge in [0.05, 0.1) is 6.04 Å². The molecular weight excluding hydrogens is 152 g/mol. The third-order valence-corrected chi connectivity index (χ3v) is 2.23. The Morgan fingerprint density at radius 3 is 2.92 bits per heavy atom. The van der Waals surface area contributed by atoms with E-state index in [-0.39, 0.29) is 0 Å². The van der Waals surface area contributed by atoms with Crippen LogP contribution in [-0.2, 0) is 0 Å². The summed E-state index contributed by atoms with van der Waals surface area (Å²) >= 11 is 0. The number of hydrogen-bond acceptors (Lipinski definition) is 4. The molecule has 0 aliphatic carbocycles. The molecule has 12 heavy (non-hydrogen) atoms. The minimum absolute atomic E-state index is 0.585. The average molecular weight is 164 g/mol. The first kappa shape index (κ1) is 7.49. The maximum absolute atomic E-state index is 4.03. The highest BCUT2D eigenvalue weighted by Gasteiger charge is 2.22. The van der Waals surface area contributed by atoms with E-state index in [9.17, 15) is 0 Å². The first-order chi connectivity index (χ1) is 5.88. The number of likely N-dealkylation sites (N-methyl/N-ethyl adjacent to an activating group) is 1. The van der Waals surface area contributed by atoms with E-state index in [1.54, 1.807) is 6.20 Å². The Kier molecular flexibility index (Phi) is 1.91. The van der Waals surface area contributed by atoms with Gasteiger partial charge in [0.25, 0.3) is 0 Å². The number of hydrogen-bond donors (Lipinski definition) is 1. The summed E-state index contributed by atoms with van der Waals surface area (Å²) in [5.74, 6) is 0.948. The van der Waals surface area contributed by atoms with Crippen LogP contribution in [0.25, 0.3) is 0 Å². The lowest BCUT2D eigenvalue weighted by atomic mass is 10.1. The van der Waals surface area contributed by atoms with Gasteiger partial charge >= 0.3 is 0 Å². The Morgan fingerprint density at radius 1 is 1.58 bits per heavy atom. The molecule has 0 amide bonds. The van der Waals surface area contributed by atoms with E-state index in [0.29, 0.717) is 6.04 Å². The third-order valence-electron chi connectivity index (χ3n) is 2.23. The first-order valence-electron chi connectivity index (χ1n) is 4.09. The van der Waals surface area contributed by atoms with E-state index < -0.39 is 0 Å². The Balaban J connectivity index is 2.08. The molecule has 4 nitrogen and oxygen atoms in total. The maximum atomic E-state index is 4.03. The fraction of sp³-hybridized carbons (Fsp3) is 0.500. The van der Waals surface area contributed by atoms with Gasteiger partial charge in [-0.15, -0.1) is 5.10 Å². The highest BCUT2D eigenvalue weighted by atomic mass is 15.3. The van der Waals surface area contributed by atoms with Crippen molar-refractivity contribution in [3.63, 3.8) is 0 Å². The van der Waals surface area contributed by atoms with Gasteiger partial charge in [0.15, 0.2) is 5.82 Å². The molecule has 0 saturated carbocycles. The van der Waals surface area contributed by atoms with Crippen molar-refractivity contribution >= 4 is 5.82 Å². The van der Waals surface area contributed by atoms with Gasteiger partial charge in [0, 0.05) is 26.3 Å².